The second-order valence-corrected chi connectivity index (χ2v) is 15.2. The molecule has 0 heterocycles. The highest BCUT2D eigenvalue weighted by atomic mass is 32.2. The third kappa shape index (κ3) is 8.07. The fourth-order valence-electron chi connectivity index (χ4n) is 5.46. The Labute approximate surface area is 262 Å². The molecule has 0 saturated heterocycles. The van der Waals surface area contributed by atoms with E-state index >= 15 is 0 Å². The van der Waals surface area contributed by atoms with Gasteiger partial charge in [-0.2, -0.15) is 4.31 Å². The first-order chi connectivity index (χ1) is 20.5. The average molecular weight is 626 g/mol. The molecule has 2 N–H and O–H groups in total. The molecule has 0 saturated carbocycles. The molecule has 0 radical (unpaired) electrons. The summed E-state index contributed by atoms with van der Waals surface area (Å²) in [6.45, 7) is 13.8. The van der Waals surface area contributed by atoms with Gasteiger partial charge in [0.2, 0.25) is 10.0 Å². The van der Waals surface area contributed by atoms with Crippen LogP contribution < -0.4 is 4.74 Å². The van der Waals surface area contributed by atoms with Gasteiger partial charge in [0, 0.05) is 24.8 Å². The van der Waals surface area contributed by atoms with E-state index in [2.05, 4.69) is 0 Å². The number of ether oxygens (including phenoxy) is 2. The largest absolute Gasteiger partial charge is 0.481 e. The number of hydrogen-bond donors (Lipinski definition) is 2. The highest BCUT2D eigenvalue weighted by Crippen LogP contribution is 2.43. The summed E-state index contributed by atoms with van der Waals surface area (Å²) < 4.78 is 41.8. The van der Waals surface area contributed by atoms with Gasteiger partial charge >= 0.3 is 5.97 Å². The molecule has 0 amide bonds. The summed E-state index contributed by atoms with van der Waals surface area (Å²) in [5, 5.41) is 20.2. The van der Waals surface area contributed by atoms with Crippen LogP contribution in [-0.2, 0) is 30.4 Å². The molecule has 0 aromatic heterocycles. The first kappa shape index (κ1) is 35.2. The lowest BCUT2D eigenvalue weighted by Crippen LogP contribution is -2.45. The number of benzene rings is 3. The van der Waals surface area contributed by atoms with E-state index in [0.29, 0.717) is 11.3 Å². The van der Waals surface area contributed by atoms with Crippen LogP contribution in [0.3, 0.4) is 0 Å². The van der Waals surface area contributed by atoms with Crippen molar-refractivity contribution in [3.05, 3.63) is 101 Å². The van der Waals surface area contributed by atoms with E-state index in [4.69, 9.17) is 9.47 Å². The van der Waals surface area contributed by atoms with Crippen molar-refractivity contribution in [3.63, 3.8) is 0 Å². The number of carboxylic acids is 1. The molecule has 0 aliphatic heterocycles. The number of aliphatic carboxylic acids is 1. The van der Waals surface area contributed by atoms with Crippen LogP contribution >= 0.6 is 0 Å². The van der Waals surface area contributed by atoms with Crippen molar-refractivity contribution in [1.29, 1.82) is 0 Å². The van der Waals surface area contributed by atoms with Crippen LogP contribution in [0, 0.1) is 0 Å². The van der Waals surface area contributed by atoms with Gasteiger partial charge in [0.25, 0.3) is 0 Å². The Morgan fingerprint density at radius 3 is 1.66 bits per heavy atom. The predicted octanol–water partition coefficient (Wildman–Crippen LogP) is 6.58. The third-order valence-electron chi connectivity index (χ3n) is 7.66. The van der Waals surface area contributed by atoms with Gasteiger partial charge in [0.05, 0.1) is 18.6 Å². The number of sulfonamides is 1. The van der Waals surface area contributed by atoms with E-state index in [-0.39, 0.29) is 13.3 Å². The Morgan fingerprint density at radius 2 is 1.30 bits per heavy atom. The first-order valence-corrected chi connectivity index (χ1v) is 16.3. The zero-order valence-corrected chi connectivity index (χ0v) is 27.9. The van der Waals surface area contributed by atoms with Crippen LogP contribution in [0.1, 0.15) is 94.9 Å². The summed E-state index contributed by atoms with van der Waals surface area (Å²) >= 11 is 0. The summed E-state index contributed by atoms with van der Waals surface area (Å²) in [4.78, 5) is 12.2. The summed E-state index contributed by atoms with van der Waals surface area (Å²) in [6.07, 6.45) is -2.43. The summed E-state index contributed by atoms with van der Waals surface area (Å²) in [7, 11) is -2.89. The van der Waals surface area contributed by atoms with Gasteiger partial charge in [0.1, 0.15) is 11.0 Å². The molecule has 3 rings (SSSR count). The van der Waals surface area contributed by atoms with Gasteiger partial charge in [-0.3, -0.25) is 4.79 Å². The minimum atomic E-state index is -4.42. The lowest BCUT2D eigenvalue weighted by molar-refractivity contribution is -0.137. The van der Waals surface area contributed by atoms with Gasteiger partial charge in [-0.05, 0) is 39.7 Å². The molecule has 0 aliphatic carbocycles. The van der Waals surface area contributed by atoms with Crippen molar-refractivity contribution in [2.24, 2.45) is 0 Å². The van der Waals surface area contributed by atoms with Gasteiger partial charge < -0.3 is 19.7 Å². The maximum atomic E-state index is 14.6. The number of hydrogen-bond acceptors (Lipinski definition) is 6. The molecule has 0 fully saturated rings. The number of methoxy groups -OCH3 is 1. The van der Waals surface area contributed by atoms with Crippen molar-refractivity contribution in [2.75, 3.05) is 20.4 Å². The summed E-state index contributed by atoms with van der Waals surface area (Å²) in [5.74, 6) is -0.722. The van der Waals surface area contributed by atoms with Gasteiger partial charge in [-0.25, -0.2) is 8.42 Å². The highest BCUT2D eigenvalue weighted by Gasteiger charge is 2.43. The molecule has 3 aromatic carbocycles. The predicted molar refractivity (Wildman–Crippen MR) is 173 cm³/mol. The monoisotopic (exact) mass is 625 g/mol. The molecule has 240 valence electrons. The topological polar surface area (TPSA) is 113 Å². The maximum Gasteiger partial charge on any atom is 0.304 e. The van der Waals surface area contributed by atoms with Crippen LogP contribution in [-0.4, -0.2) is 54.6 Å². The van der Waals surface area contributed by atoms with Crippen molar-refractivity contribution < 1.29 is 32.9 Å². The van der Waals surface area contributed by atoms with Crippen LogP contribution in [0.15, 0.2) is 72.8 Å². The first-order valence-electron chi connectivity index (χ1n) is 14.8. The normalized spacial score (nSPS) is 14.1. The SMILES string of the molecule is CCN(C(c1ccccc1)c1ccccc1)S(=O)(=O)C(CC(=O)O)C(O)c1cc(C(C)(C)C)c(OCOC)c(C(C)(C)C)c1. The van der Waals surface area contributed by atoms with E-state index in [0.717, 1.165) is 22.3 Å². The molecular formula is C35H47NO7S. The van der Waals surface area contributed by atoms with Crippen molar-refractivity contribution in [3.8, 4) is 5.75 Å². The zero-order valence-electron chi connectivity index (χ0n) is 27.1. The Hall–Kier alpha value is -3.24. The molecular weight excluding hydrogens is 578 g/mol. The molecule has 8 nitrogen and oxygen atoms in total. The molecule has 2 atom stereocenters. The van der Waals surface area contributed by atoms with E-state index in [1.165, 1.54) is 11.4 Å². The molecule has 0 bridgehead atoms. The number of aliphatic hydroxyl groups excluding tert-OH is 1. The zero-order chi connectivity index (χ0) is 32.9. The molecule has 0 aliphatic rings. The van der Waals surface area contributed by atoms with E-state index in [9.17, 15) is 23.4 Å². The smallest absolute Gasteiger partial charge is 0.304 e. The van der Waals surface area contributed by atoms with Gasteiger partial charge in [0.15, 0.2) is 6.79 Å². The van der Waals surface area contributed by atoms with Crippen LogP contribution in [0.2, 0.25) is 0 Å². The van der Waals surface area contributed by atoms with Crippen molar-refractivity contribution in [1.82, 2.24) is 4.31 Å². The Balaban J connectivity index is 2.26. The molecule has 0 spiro atoms. The van der Waals surface area contributed by atoms with E-state index in [1.807, 2.05) is 102 Å². The standard InChI is InChI=1S/C35H47NO7S/c1-9-36(31(24-16-12-10-13-17-24)25-18-14-11-15-19-25)44(40,41)29(22-30(37)38)32(39)26-20-27(34(2,3)4)33(43-23-42-8)28(21-26)35(5,6)7/h10-21,29,31-32,39H,9,22-23H2,1-8H3,(H,37,38). The number of aliphatic hydroxyl groups is 1. The molecule has 2 unspecified atom stereocenters. The Kier molecular flexibility index (Phi) is 11.4. The molecule has 44 heavy (non-hydrogen) atoms. The van der Waals surface area contributed by atoms with Crippen LogP contribution in [0.4, 0.5) is 0 Å². The Morgan fingerprint density at radius 1 is 0.841 bits per heavy atom. The number of rotatable bonds is 13. The number of nitrogens with zero attached hydrogens (tertiary/aromatic N) is 1. The molecule has 3 aromatic rings. The van der Waals surface area contributed by atoms with E-state index < -0.39 is 50.6 Å². The van der Waals surface area contributed by atoms with E-state index in [1.54, 1.807) is 19.1 Å². The maximum absolute atomic E-state index is 14.6. The fraction of sp³-hybridized carbons (Fsp3) is 0.457. The molecule has 9 heteroatoms. The van der Waals surface area contributed by atoms with Crippen LogP contribution in [0.5, 0.6) is 5.75 Å². The third-order valence-corrected chi connectivity index (χ3v) is 9.97. The summed E-state index contributed by atoms with van der Waals surface area (Å²) in [6, 6.07) is 21.2. The second-order valence-electron chi connectivity index (χ2n) is 13.0. The highest BCUT2D eigenvalue weighted by molar-refractivity contribution is 7.89. The number of carboxylic acid groups (broad SMARTS) is 1. The lowest BCUT2D eigenvalue weighted by atomic mass is 9.77. The van der Waals surface area contributed by atoms with Gasteiger partial charge in [-0.1, -0.05) is 109 Å². The summed E-state index contributed by atoms with van der Waals surface area (Å²) in [5.41, 5.74) is 2.37. The Bertz CT molecular complexity index is 1420. The van der Waals surface area contributed by atoms with Crippen molar-refractivity contribution in [2.45, 2.75) is 83.1 Å². The average Bonchev–Trinajstić information content (AvgIpc) is 2.96. The van der Waals surface area contributed by atoms with Crippen molar-refractivity contribution >= 4 is 16.0 Å². The van der Waals surface area contributed by atoms with Gasteiger partial charge in [-0.15, -0.1) is 0 Å². The fourth-order valence-corrected chi connectivity index (χ4v) is 7.54. The second kappa shape index (κ2) is 14.2. The quantitative estimate of drug-likeness (QED) is 0.206. The minimum absolute atomic E-state index is 0.00982. The minimum Gasteiger partial charge on any atom is -0.481 e. The van der Waals surface area contributed by atoms with Crippen LogP contribution in [0.25, 0.3) is 0 Å². The lowest BCUT2D eigenvalue weighted by Gasteiger charge is -2.36. The number of carbonyl (C=O) groups is 1.